The van der Waals surface area contributed by atoms with E-state index in [1.165, 1.54) is 30.9 Å². The fraction of sp³-hybridized carbons (Fsp3) is 0.468. The average Bonchev–Trinajstić information content (AvgIpc) is 3.38. The van der Waals surface area contributed by atoms with Crippen molar-refractivity contribution in [2.75, 3.05) is 0 Å². The van der Waals surface area contributed by atoms with Crippen molar-refractivity contribution in [3.05, 3.63) is 107 Å². The molecule has 0 aliphatic heterocycles. The van der Waals surface area contributed by atoms with Crippen molar-refractivity contribution in [3.8, 4) is 11.3 Å². The van der Waals surface area contributed by atoms with E-state index in [1.807, 2.05) is 58.0 Å². The molecule has 3 aromatic carbocycles. The second-order valence-corrected chi connectivity index (χ2v) is 16.8. The molecular weight excluding hydrogens is 874 g/mol. The molecule has 0 saturated heterocycles. The number of aliphatic hydroxyl groups excluding tert-OH is 1. The van der Waals surface area contributed by atoms with Crippen LogP contribution in [0.3, 0.4) is 0 Å². The van der Waals surface area contributed by atoms with Crippen LogP contribution in [0, 0.1) is 23.3 Å². The molecule has 55 heavy (non-hydrogen) atoms. The molecule has 0 fully saturated rings. The normalized spacial score (nSPS) is 14.3. The van der Waals surface area contributed by atoms with E-state index in [1.54, 1.807) is 6.33 Å². The molecule has 299 valence electrons. The van der Waals surface area contributed by atoms with Gasteiger partial charge in [-0.25, -0.2) is 4.98 Å². The van der Waals surface area contributed by atoms with E-state index in [0.717, 1.165) is 64.7 Å². The van der Waals surface area contributed by atoms with Crippen molar-refractivity contribution >= 4 is 28.2 Å². The molecule has 0 bridgehead atoms. The Morgan fingerprint density at radius 3 is 2.00 bits per heavy atom. The number of allylic oxidation sites excluding steroid dienone is 3. The maximum Gasteiger partial charge on any atom is 0.394 e. The molecular formula is C47H58F3IrN2O2-. The summed E-state index contributed by atoms with van der Waals surface area (Å²) in [6.07, 6.45) is 4.27. The summed E-state index contributed by atoms with van der Waals surface area (Å²) in [5.41, 5.74) is 5.35. The van der Waals surface area contributed by atoms with E-state index in [0.29, 0.717) is 5.56 Å². The molecule has 1 heterocycles. The first kappa shape index (κ1) is 45.8. The Labute approximate surface area is 340 Å². The summed E-state index contributed by atoms with van der Waals surface area (Å²) in [7, 11) is 0. The van der Waals surface area contributed by atoms with Gasteiger partial charge in [-0.05, 0) is 65.9 Å². The number of halogens is 3. The maximum atomic E-state index is 13.4. The molecule has 4 nitrogen and oxygen atoms in total. The van der Waals surface area contributed by atoms with Gasteiger partial charge in [0.2, 0.25) is 0 Å². The van der Waals surface area contributed by atoms with Gasteiger partial charge >= 0.3 is 6.18 Å². The summed E-state index contributed by atoms with van der Waals surface area (Å²) in [5, 5.41) is 12.0. The van der Waals surface area contributed by atoms with Gasteiger partial charge in [-0.3, -0.25) is 9.78 Å². The molecule has 4 aromatic rings. The fourth-order valence-corrected chi connectivity index (χ4v) is 7.40. The molecule has 1 aromatic heterocycles. The monoisotopic (exact) mass is 932 g/mol. The van der Waals surface area contributed by atoms with Crippen LogP contribution >= 0.6 is 0 Å². The molecule has 0 unspecified atom stereocenters. The van der Waals surface area contributed by atoms with Crippen LogP contribution in [0.25, 0.3) is 33.7 Å². The first-order chi connectivity index (χ1) is 25.2. The van der Waals surface area contributed by atoms with Crippen LogP contribution in [0.5, 0.6) is 0 Å². The van der Waals surface area contributed by atoms with Crippen LogP contribution in [-0.4, -0.2) is 27.0 Å². The summed E-state index contributed by atoms with van der Waals surface area (Å²) in [5.74, 6) is 0.547. The minimum atomic E-state index is -4.26. The van der Waals surface area contributed by atoms with Gasteiger partial charge in [0.15, 0.2) is 5.78 Å². The molecule has 5 rings (SSSR count). The number of hydrogen-bond acceptors (Lipinski definition) is 4. The predicted octanol–water partition coefficient (Wildman–Crippen LogP) is 13.2. The Morgan fingerprint density at radius 1 is 0.873 bits per heavy atom. The number of fused-ring (bicyclic) bond motifs is 2. The minimum Gasteiger partial charge on any atom is -0.512 e. The van der Waals surface area contributed by atoms with Crippen molar-refractivity contribution in [3.63, 3.8) is 0 Å². The first-order valence-corrected chi connectivity index (χ1v) is 19.3. The zero-order valence-corrected chi connectivity index (χ0v) is 36.7. The summed E-state index contributed by atoms with van der Waals surface area (Å²) in [6, 6.07) is 21.6. The predicted molar refractivity (Wildman–Crippen MR) is 217 cm³/mol. The number of hydrogen-bond donors (Lipinski definition) is 1. The van der Waals surface area contributed by atoms with Crippen LogP contribution in [-0.2, 0) is 42.2 Å². The Morgan fingerprint density at radius 2 is 1.45 bits per heavy atom. The van der Waals surface area contributed by atoms with Gasteiger partial charge in [-0.1, -0.05) is 130 Å². The Bertz CT molecular complexity index is 2000. The zero-order valence-electron chi connectivity index (χ0n) is 34.3. The van der Waals surface area contributed by atoms with Gasteiger partial charge in [0.05, 0.1) is 16.9 Å². The number of aliphatic hydroxyl groups is 1. The minimum absolute atomic E-state index is 0. The Hall–Kier alpha value is -3.61. The molecule has 1 aliphatic carbocycles. The van der Waals surface area contributed by atoms with E-state index >= 15 is 0 Å². The van der Waals surface area contributed by atoms with Crippen LogP contribution in [0.1, 0.15) is 130 Å². The van der Waals surface area contributed by atoms with Gasteiger partial charge < -0.3 is 5.11 Å². The van der Waals surface area contributed by atoms with Crippen LogP contribution < -0.4 is 0 Å². The fourth-order valence-electron chi connectivity index (χ4n) is 7.40. The van der Waals surface area contributed by atoms with Gasteiger partial charge in [0.25, 0.3) is 0 Å². The van der Waals surface area contributed by atoms with Crippen molar-refractivity contribution in [1.29, 1.82) is 0 Å². The van der Waals surface area contributed by atoms with E-state index in [-0.39, 0.29) is 55.3 Å². The molecule has 1 aliphatic rings. The van der Waals surface area contributed by atoms with Gasteiger partial charge in [-0.2, -0.15) is 13.2 Å². The largest absolute Gasteiger partial charge is 0.512 e. The number of carbonyl (C=O) groups is 1. The van der Waals surface area contributed by atoms with E-state index in [9.17, 15) is 23.1 Å². The third-order valence-electron chi connectivity index (χ3n) is 11.1. The number of nitrogens with zero attached hydrogens (tertiary/aromatic N) is 2. The Kier molecular flexibility index (Phi) is 15.1. The van der Waals surface area contributed by atoms with Crippen molar-refractivity contribution in [2.24, 2.45) is 17.3 Å². The van der Waals surface area contributed by atoms with Crippen LogP contribution in [0.15, 0.2) is 72.8 Å². The first-order valence-electron chi connectivity index (χ1n) is 19.3. The molecule has 0 saturated carbocycles. The molecule has 1 N–H and O–H groups in total. The Balaban J connectivity index is 0.000000433. The quantitative estimate of drug-likeness (QED) is 0.0925. The number of ketones is 1. The zero-order chi connectivity index (χ0) is 40.2. The van der Waals surface area contributed by atoms with Gasteiger partial charge in [-0.15, -0.1) is 29.1 Å². The molecule has 8 heteroatoms. The number of aromatic nitrogens is 2. The van der Waals surface area contributed by atoms with Crippen molar-refractivity contribution in [2.45, 2.75) is 125 Å². The second kappa shape index (κ2) is 18.1. The SMILES string of the molecule is CC(C)(C)c1cc(-c2ncnc3c2C(C)(C)C(c2ccc(CC(C)(C)C(F)(F)F)cc2)=C3)[c-]c2ccccc12.CCC(CC)C(=O)/C=C(\O)C(CC)CC.[Ir]. The summed E-state index contributed by atoms with van der Waals surface area (Å²) in [4.78, 5) is 21.1. The number of benzene rings is 3. The molecule has 1 radical (unpaired) electrons. The number of carbonyl (C=O) groups excluding carboxylic acids is 1. The summed E-state index contributed by atoms with van der Waals surface area (Å²) in [6.45, 7) is 21.5. The van der Waals surface area contributed by atoms with Crippen molar-refractivity contribution < 1.29 is 43.2 Å². The number of rotatable bonds is 11. The van der Waals surface area contributed by atoms with Gasteiger partial charge in [0.1, 0.15) is 6.33 Å². The third-order valence-corrected chi connectivity index (χ3v) is 11.1. The van der Waals surface area contributed by atoms with E-state index in [2.05, 4.69) is 76.0 Å². The average molecular weight is 932 g/mol. The smallest absolute Gasteiger partial charge is 0.394 e. The van der Waals surface area contributed by atoms with Gasteiger partial charge in [0, 0.05) is 49.1 Å². The standard InChI is InChI=1S/C34H34F3N2.C13H24O2.Ir/c1-31(2,3)27-17-24(16-23-10-8-9-11-25(23)27)30-29-28(38-20-39-30)18-26(33(29,6)7)22-14-12-21(13-15-22)19-32(4,5)34(35,36)37;1-5-10(6-2)12(14)9-13(15)11(7-3)8-4;/h8-15,17-18,20H,19H2,1-7H3;9-11,14H,5-8H2,1-4H3;/q-1;;/b;12-9-;. The molecule has 0 atom stereocenters. The second-order valence-electron chi connectivity index (χ2n) is 16.8. The summed E-state index contributed by atoms with van der Waals surface area (Å²) >= 11 is 0. The maximum absolute atomic E-state index is 13.4. The van der Waals surface area contributed by atoms with Crippen LogP contribution in [0.4, 0.5) is 13.2 Å². The van der Waals surface area contributed by atoms with E-state index in [4.69, 9.17) is 4.98 Å². The third kappa shape index (κ3) is 10.2. The molecule has 0 spiro atoms. The topological polar surface area (TPSA) is 63.1 Å². The summed E-state index contributed by atoms with van der Waals surface area (Å²) < 4.78 is 40.3. The number of alkyl halides is 3. The molecule has 0 amide bonds. The van der Waals surface area contributed by atoms with E-state index < -0.39 is 17.0 Å². The van der Waals surface area contributed by atoms with Crippen LogP contribution in [0.2, 0.25) is 0 Å². The van der Waals surface area contributed by atoms with Crippen molar-refractivity contribution in [1.82, 2.24) is 9.97 Å².